The Morgan fingerprint density at radius 2 is 1.74 bits per heavy atom. The summed E-state index contributed by atoms with van der Waals surface area (Å²) in [5.41, 5.74) is 0.547. The van der Waals surface area contributed by atoms with Crippen LogP contribution >= 0.6 is 0 Å². The lowest BCUT2D eigenvalue weighted by Crippen LogP contribution is -2.18. The van der Waals surface area contributed by atoms with Gasteiger partial charge in [-0.2, -0.15) is 13.2 Å². The molecule has 0 spiro atoms. The summed E-state index contributed by atoms with van der Waals surface area (Å²) < 4.78 is 96.9. The summed E-state index contributed by atoms with van der Waals surface area (Å²) in [4.78, 5) is 7.29. The van der Waals surface area contributed by atoms with Gasteiger partial charge in [0.25, 0.3) is 0 Å². The molecular formula is C23H19F5N2O3S. The number of alkyl halides is 4. The van der Waals surface area contributed by atoms with Crippen LogP contribution in [0, 0.1) is 5.82 Å². The first-order valence-electron chi connectivity index (χ1n) is 10.3. The van der Waals surface area contributed by atoms with E-state index in [1.165, 1.54) is 18.2 Å². The van der Waals surface area contributed by atoms with Crippen LogP contribution in [0.3, 0.4) is 0 Å². The van der Waals surface area contributed by atoms with Crippen molar-refractivity contribution in [3.63, 3.8) is 0 Å². The molecule has 3 aromatic rings. The smallest absolute Gasteiger partial charge is 0.416 e. The number of hydrogen-bond acceptors (Lipinski definition) is 5. The molecule has 0 fully saturated rings. The molecule has 11 heteroatoms. The lowest BCUT2D eigenvalue weighted by atomic mass is 9.83. The normalized spacial score (nSPS) is 16.1. The fraction of sp³-hybridized carbons (Fsp3) is 0.304. The molecule has 34 heavy (non-hydrogen) atoms. The molecule has 2 aromatic carbocycles. The predicted octanol–water partition coefficient (Wildman–Crippen LogP) is 5.03. The average Bonchev–Trinajstić information content (AvgIpc) is 2.79. The fourth-order valence-corrected chi connectivity index (χ4v) is 5.21. The zero-order valence-corrected chi connectivity index (χ0v) is 18.5. The summed E-state index contributed by atoms with van der Waals surface area (Å²) in [6.45, 7) is -0.606. The van der Waals surface area contributed by atoms with E-state index in [0.717, 1.165) is 24.5 Å². The van der Waals surface area contributed by atoms with E-state index in [0.29, 0.717) is 17.5 Å². The number of halogens is 5. The minimum atomic E-state index is -4.55. The van der Waals surface area contributed by atoms with Crippen LogP contribution in [0.2, 0.25) is 0 Å². The minimum absolute atomic E-state index is 0.0590. The Balaban J connectivity index is 1.68. The van der Waals surface area contributed by atoms with E-state index in [1.807, 2.05) is 0 Å². The van der Waals surface area contributed by atoms with Crippen LogP contribution in [0.1, 0.15) is 40.4 Å². The van der Waals surface area contributed by atoms with Gasteiger partial charge in [0.05, 0.1) is 36.1 Å². The lowest BCUT2D eigenvalue weighted by molar-refractivity contribution is -0.137. The second-order valence-corrected chi connectivity index (χ2v) is 9.81. The average molecular weight is 498 g/mol. The lowest BCUT2D eigenvalue weighted by Gasteiger charge is -2.28. The Labute approximate surface area is 192 Å². The molecular weight excluding hydrogens is 479 g/mol. The summed E-state index contributed by atoms with van der Waals surface area (Å²) in [5.74, 6) is -1.41. The highest BCUT2D eigenvalue weighted by molar-refractivity contribution is 7.90. The summed E-state index contributed by atoms with van der Waals surface area (Å²) >= 11 is 0. The number of fused-ring (bicyclic) bond motifs is 1. The van der Waals surface area contributed by atoms with Gasteiger partial charge >= 0.3 is 6.18 Å². The maximum Gasteiger partial charge on any atom is 0.416 e. The third-order valence-electron chi connectivity index (χ3n) is 5.59. The second kappa shape index (κ2) is 9.28. The maximum absolute atomic E-state index is 13.2. The number of hydrogen-bond donors (Lipinski definition) is 0. The van der Waals surface area contributed by atoms with Crippen molar-refractivity contribution in [3.05, 3.63) is 82.7 Å². The van der Waals surface area contributed by atoms with Crippen molar-refractivity contribution < 1.29 is 35.1 Å². The van der Waals surface area contributed by atoms with Crippen molar-refractivity contribution in [3.8, 4) is 5.75 Å². The summed E-state index contributed by atoms with van der Waals surface area (Å²) in [6.07, 6.45) is -2.53. The van der Waals surface area contributed by atoms with Crippen LogP contribution in [-0.2, 0) is 28.2 Å². The minimum Gasteiger partial charge on any atom is -0.493 e. The molecule has 1 aliphatic rings. The highest BCUT2D eigenvalue weighted by Gasteiger charge is 2.33. The van der Waals surface area contributed by atoms with E-state index < -0.39 is 39.8 Å². The first-order valence-corrected chi connectivity index (χ1v) is 12.0. The van der Waals surface area contributed by atoms with Gasteiger partial charge in [-0.05, 0) is 41.8 Å². The third-order valence-corrected chi connectivity index (χ3v) is 7.20. The van der Waals surface area contributed by atoms with E-state index in [-0.39, 0.29) is 41.0 Å². The molecule has 0 aliphatic carbocycles. The summed E-state index contributed by atoms with van der Waals surface area (Å²) in [7, 11) is -3.88. The Morgan fingerprint density at radius 3 is 2.41 bits per heavy atom. The van der Waals surface area contributed by atoms with Gasteiger partial charge in [0, 0.05) is 17.9 Å². The number of rotatable bonds is 6. The maximum atomic E-state index is 13.2. The zero-order valence-electron chi connectivity index (χ0n) is 17.6. The molecule has 0 saturated heterocycles. The molecule has 0 N–H and O–H groups in total. The molecule has 4 rings (SSSR count). The third kappa shape index (κ3) is 5.03. The highest BCUT2D eigenvalue weighted by atomic mass is 32.2. The molecule has 1 atom stereocenters. The van der Waals surface area contributed by atoms with Gasteiger partial charge < -0.3 is 4.74 Å². The molecule has 1 aliphatic heterocycles. The van der Waals surface area contributed by atoms with Crippen LogP contribution in [-0.4, -0.2) is 31.7 Å². The first kappa shape index (κ1) is 24.1. The van der Waals surface area contributed by atoms with Gasteiger partial charge in [0.2, 0.25) is 0 Å². The number of aromatic nitrogens is 2. The van der Waals surface area contributed by atoms with E-state index in [2.05, 4.69) is 9.97 Å². The van der Waals surface area contributed by atoms with Gasteiger partial charge in [-0.1, -0.05) is 12.1 Å². The van der Waals surface area contributed by atoms with Crippen molar-refractivity contribution >= 4 is 9.84 Å². The standard InChI is InChI=1S/C23H19F5N2O3S/c24-7-5-14-9-15(23(26,27)28)1-3-18(14)19-6-8-33-21-10-17(2-4-20(19)21)34(31,32)13-22-29-11-16(25)12-30-22/h1-4,9-12,19H,5-8,13H2/t19-/m1/s1. The SMILES string of the molecule is O=S(=O)(Cc1ncc(F)cn1)c1ccc2c(c1)OCC[C@@H]2c1ccc(C(F)(F)F)cc1CCF. The molecule has 180 valence electrons. The van der Waals surface area contributed by atoms with E-state index >= 15 is 0 Å². The van der Waals surface area contributed by atoms with Gasteiger partial charge in [-0.3, -0.25) is 4.39 Å². The van der Waals surface area contributed by atoms with Crippen molar-refractivity contribution in [1.82, 2.24) is 9.97 Å². The Kier molecular flexibility index (Phi) is 6.57. The quantitative estimate of drug-likeness (QED) is 0.446. The monoisotopic (exact) mass is 498 g/mol. The molecule has 0 bridgehead atoms. The molecule has 0 saturated carbocycles. The van der Waals surface area contributed by atoms with Crippen LogP contribution in [0.4, 0.5) is 22.0 Å². The van der Waals surface area contributed by atoms with Gasteiger partial charge in [0.15, 0.2) is 15.7 Å². The second-order valence-electron chi connectivity index (χ2n) is 7.82. The van der Waals surface area contributed by atoms with Crippen LogP contribution in [0.15, 0.2) is 53.7 Å². The van der Waals surface area contributed by atoms with Gasteiger partial charge in [-0.25, -0.2) is 22.8 Å². The molecule has 1 aromatic heterocycles. The molecule has 0 amide bonds. The Hall–Kier alpha value is -3.08. The van der Waals surface area contributed by atoms with E-state index in [1.54, 1.807) is 6.07 Å². The fourth-order valence-electron chi connectivity index (χ4n) is 3.99. The topological polar surface area (TPSA) is 69.2 Å². The van der Waals surface area contributed by atoms with E-state index in [4.69, 9.17) is 4.74 Å². The molecule has 0 radical (unpaired) electrons. The zero-order chi connectivity index (χ0) is 24.5. The molecule has 0 unspecified atom stereocenters. The molecule has 5 nitrogen and oxygen atoms in total. The van der Waals surface area contributed by atoms with Crippen LogP contribution in [0.25, 0.3) is 0 Å². The predicted molar refractivity (Wildman–Crippen MR) is 112 cm³/mol. The van der Waals surface area contributed by atoms with E-state index in [9.17, 15) is 30.4 Å². The number of benzene rings is 2. The van der Waals surface area contributed by atoms with Gasteiger partial charge in [-0.15, -0.1) is 0 Å². The van der Waals surface area contributed by atoms with Crippen LogP contribution < -0.4 is 4.74 Å². The van der Waals surface area contributed by atoms with Crippen molar-refractivity contribution in [2.45, 2.75) is 35.6 Å². The molecule has 2 heterocycles. The van der Waals surface area contributed by atoms with Crippen LogP contribution in [0.5, 0.6) is 5.75 Å². The van der Waals surface area contributed by atoms with Gasteiger partial charge in [0.1, 0.15) is 17.3 Å². The Bertz CT molecular complexity index is 1290. The first-order chi connectivity index (χ1) is 16.1. The van der Waals surface area contributed by atoms with Crippen molar-refractivity contribution in [1.29, 1.82) is 0 Å². The number of nitrogens with zero attached hydrogens (tertiary/aromatic N) is 2. The van der Waals surface area contributed by atoms with Crippen molar-refractivity contribution in [2.24, 2.45) is 0 Å². The largest absolute Gasteiger partial charge is 0.493 e. The Morgan fingerprint density at radius 1 is 1.03 bits per heavy atom. The highest BCUT2D eigenvalue weighted by Crippen LogP contribution is 2.42. The summed E-state index contributed by atoms with van der Waals surface area (Å²) in [5, 5.41) is 0. The summed E-state index contributed by atoms with van der Waals surface area (Å²) in [6, 6.07) is 7.55. The number of aryl methyl sites for hydroxylation is 1. The number of sulfone groups is 1. The van der Waals surface area contributed by atoms with Crippen molar-refractivity contribution in [2.75, 3.05) is 13.3 Å². The number of ether oxygens (including phenoxy) is 1.